The molecule has 3 fully saturated rings. The van der Waals surface area contributed by atoms with E-state index in [0.717, 1.165) is 70.1 Å². The van der Waals surface area contributed by atoms with Crippen LogP contribution in [0, 0.1) is 11.8 Å². The summed E-state index contributed by atoms with van der Waals surface area (Å²) in [7, 11) is -2.95. The van der Waals surface area contributed by atoms with Gasteiger partial charge in [0.25, 0.3) is 0 Å². The van der Waals surface area contributed by atoms with Crippen LogP contribution in [0.2, 0.25) is 0 Å². The maximum atomic E-state index is 12.2. The van der Waals surface area contributed by atoms with E-state index in [1.807, 2.05) is 0 Å². The maximum Gasteiger partial charge on any atom is 0.216 e. The molecular weight excluding hydrogens is 236 g/mol. The van der Waals surface area contributed by atoms with Crippen LogP contribution < -0.4 is 5.32 Å². The van der Waals surface area contributed by atoms with Crippen molar-refractivity contribution < 1.29 is 8.42 Å². The molecule has 0 amide bonds. The first-order chi connectivity index (χ1) is 8.18. The van der Waals surface area contributed by atoms with Crippen LogP contribution in [0.5, 0.6) is 0 Å². The van der Waals surface area contributed by atoms with Gasteiger partial charge in [-0.2, -0.15) is 0 Å². The maximum absolute atomic E-state index is 12.2. The highest BCUT2D eigenvalue weighted by Gasteiger charge is 2.39. The number of nitrogens with zero attached hydrogens (tertiary/aromatic N) is 1. The summed E-state index contributed by atoms with van der Waals surface area (Å²) in [6.45, 7) is 3.81. The second-order valence-corrected chi connectivity index (χ2v) is 7.97. The molecule has 0 aromatic heterocycles. The summed E-state index contributed by atoms with van der Waals surface area (Å²) in [6, 6.07) is 0. The molecule has 3 aliphatic rings. The lowest BCUT2D eigenvalue weighted by Crippen LogP contribution is -2.51. The highest BCUT2D eigenvalue weighted by Crippen LogP contribution is 2.33. The van der Waals surface area contributed by atoms with Gasteiger partial charge in [0, 0.05) is 13.1 Å². The van der Waals surface area contributed by atoms with Crippen molar-refractivity contribution in [2.45, 2.75) is 37.4 Å². The van der Waals surface area contributed by atoms with Crippen LogP contribution in [0.15, 0.2) is 0 Å². The zero-order valence-electron chi connectivity index (χ0n) is 10.3. The Hall–Kier alpha value is -0.130. The van der Waals surface area contributed by atoms with Gasteiger partial charge in [-0.25, -0.2) is 12.7 Å². The average molecular weight is 258 g/mol. The van der Waals surface area contributed by atoms with Gasteiger partial charge in [-0.3, -0.25) is 0 Å². The Labute approximate surface area is 104 Å². The van der Waals surface area contributed by atoms with Crippen molar-refractivity contribution >= 4 is 10.0 Å². The molecule has 0 unspecified atom stereocenters. The van der Waals surface area contributed by atoms with Crippen LogP contribution >= 0.6 is 0 Å². The lowest BCUT2D eigenvalue weighted by atomic mass is 9.81. The molecule has 98 valence electrons. The summed E-state index contributed by atoms with van der Waals surface area (Å²) >= 11 is 0. The molecule has 0 bridgehead atoms. The minimum absolute atomic E-state index is 0.0515. The predicted octanol–water partition coefficient (Wildman–Crippen LogP) is 0.800. The number of hydrogen-bond acceptors (Lipinski definition) is 3. The molecule has 0 atom stereocenters. The normalized spacial score (nSPS) is 29.9. The lowest BCUT2D eigenvalue weighted by Gasteiger charge is -2.41. The first-order valence-corrected chi connectivity index (χ1v) is 8.38. The van der Waals surface area contributed by atoms with E-state index >= 15 is 0 Å². The van der Waals surface area contributed by atoms with E-state index < -0.39 is 10.0 Å². The Kier molecular flexibility index (Phi) is 3.17. The third-order valence-corrected chi connectivity index (χ3v) is 7.21. The molecule has 3 rings (SSSR count). The molecule has 2 heterocycles. The van der Waals surface area contributed by atoms with Crippen LogP contribution in [0.25, 0.3) is 0 Å². The highest BCUT2D eigenvalue weighted by atomic mass is 32.2. The Morgan fingerprint density at radius 1 is 0.941 bits per heavy atom. The monoisotopic (exact) mass is 258 g/mol. The molecule has 17 heavy (non-hydrogen) atoms. The fourth-order valence-electron chi connectivity index (χ4n) is 3.13. The van der Waals surface area contributed by atoms with E-state index in [4.69, 9.17) is 0 Å². The summed E-state index contributed by atoms with van der Waals surface area (Å²) in [5, 5.41) is 3.25. The van der Waals surface area contributed by atoms with E-state index in [9.17, 15) is 8.42 Å². The van der Waals surface area contributed by atoms with Gasteiger partial charge in [0.2, 0.25) is 10.0 Å². The van der Waals surface area contributed by atoms with Gasteiger partial charge < -0.3 is 5.32 Å². The summed E-state index contributed by atoms with van der Waals surface area (Å²) in [6.07, 6.45) is 4.99. The smallest absolute Gasteiger partial charge is 0.216 e. The Morgan fingerprint density at radius 2 is 1.59 bits per heavy atom. The Balaban J connectivity index is 1.56. The molecule has 0 aromatic carbocycles. The molecule has 0 spiro atoms. The first kappa shape index (κ1) is 11.9. The van der Waals surface area contributed by atoms with Crippen molar-refractivity contribution in [3.8, 4) is 0 Å². The first-order valence-electron chi connectivity index (χ1n) is 6.87. The summed E-state index contributed by atoms with van der Waals surface area (Å²) in [5.41, 5.74) is 0. The van der Waals surface area contributed by atoms with Crippen molar-refractivity contribution in [2.75, 3.05) is 26.2 Å². The molecule has 1 aliphatic carbocycles. The Bertz CT molecular complexity index is 366. The number of nitrogens with one attached hydrogen (secondary N) is 1. The van der Waals surface area contributed by atoms with E-state index in [1.54, 1.807) is 4.31 Å². The van der Waals surface area contributed by atoms with Crippen LogP contribution in [0.3, 0.4) is 0 Å². The van der Waals surface area contributed by atoms with Gasteiger partial charge in [-0.15, -0.1) is 0 Å². The fourth-order valence-corrected chi connectivity index (χ4v) is 5.20. The minimum atomic E-state index is -2.95. The molecule has 2 aliphatic heterocycles. The molecule has 2 saturated heterocycles. The number of hydrogen-bond donors (Lipinski definition) is 1. The molecule has 1 N–H and O–H groups in total. The molecule has 0 radical (unpaired) electrons. The van der Waals surface area contributed by atoms with Crippen LogP contribution in [-0.4, -0.2) is 44.2 Å². The zero-order valence-corrected chi connectivity index (χ0v) is 11.1. The summed E-state index contributed by atoms with van der Waals surface area (Å²) < 4.78 is 26.2. The van der Waals surface area contributed by atoms with Crippen LogP contribution in [0.1, 0.15) is 32.1 Å². The number of rotatable bonds is 3. The predicted molar refractivity (Wildman–Crippen MR) is 67.2 cm³/mol. The molecule has 4 nitrogen and oxygen atoms in total. The third kappa shape index (κ3) is 2.13. The lowest BCUT2D eigenvalue weighted by molar-refractivity contribution is 0.159. The van der Waals surface area contributed by atoms with Gasteiger partial charge in [0.15, 0.2) is 0 Å². The van der Waals surface area contributed by atoms with Crippen molar-refractivity contribution in [3.63, 3.8) is 0 Å². The van der Waals surface area contributed by atoms with Crippen LogP contribution in [0.4, 0.5) is 0 Å². The Morgan fingerprint density at radius 3 is 2.00 bits per heavy atom. The van der Waals surface area contributed by atoms with Crippen molar-refractivity contribution in [2.24, 2.45) is 11.8 Å². The zero-order chi connectivity index (χ0) is 11.9. The summed E-state index contributed by atoms with van der Waals surface area (Å²) in [4.78, 5) is 0. The van der Waals surface area contributed by atoms with Gasteiger partial charge in [-0.05, 0) is 50.6 Å². The molecule has 1 saturated carbocycles. The van der Waals surface area contributed by atoms with Crippen molar-refractivity contribution in [1.82, 2.24) is 9.62 Å². The fraction of sp³-hybridized carbons (Fsp3) is 1.00. The highest BCUT2D eigenvalue weighted by molar-refractivity contribution is 7.89. The third-order valence-electron chi connectivity index (χ3n) is 4.81. The van der Waals surface area contributed by atoms with Crippen molar-refractivity contribution in [3.05, 3.63) is 0 Å². The van der Waals surface area contributed by atoms with Gasteiger partial charge in [0.05, 0.1) is 5.25 Å². The van der Waals surface area contributed by atoms with E-state index in [1.165, 1.54) is 0 Å². The molecular formula is C12H22N2O2S. The molecule has 0 aromatic rings. The van der Waals surface area contributed by atoms with Gasteiger partial charge in [0.1, 0.15) is 0 Å². The van der Waals surface area contributed by atoms with Crippen molar-refractivity contribution in [1.29, 1.82) is 0 Å². The standard InChI is InChI=1S/C12H22N2O2S/c15-17(16,12-2-1-3-12)14-6-4-10(5-7-14)11-8-13-9-11/h10-13H,1-9H2. The molecule has 5 heteroatoms. The summed E-state index contributed by atoms with van der Waals surface area (Å²) in [5.74, 6) is 1.56. The second-order valence-electron chi connectivity index (χ2n) is 5.75. The van der Waals surface area contributed by atoms with Gasteiger partial charge >= 0.3 is 0 Å². The van der Waals surface area contributed by atoms with Gasteiger partial charge in [-0.1, -0.05) is 6.42 Å². The number of piperidine rings is 1. The minimum Gasteiger partial charge on any atom is -0.316 e. The van der Waals surface area contributed by atoms with E-state index in [0.29, 0.717) is 0 Å². The number of sulfonamides is 1. The van der Waals surface area contributed by atoms with E-state index in [-0.39, 0.29) is 5.25 Å². The topological polar surface area (TPSA) is 49.4 Å². The second kappa shape index (κ2) is 4.52. The largest absolute Gasteiger partial charge is 0.316 e. The average Bonchev–Trinajstić information content (AvgIpc) is 2.12. The SMILES string of the molecule is O=S(=O)(C1CCC1)N1CCC(C2CNC2)CC1. The van der Waals surface area contributed by atoms with E-state index in [2.05, 4.69) is 5.32 Å². The quantitative estimate of drug-likeness (QED) is 0.814. The van der Waals surface area contributed by atoms with Crippen LogP contribution in [-0.2, 0) is 10.0 Å².